The zero-order valence-corrected chi connectivity index (χ0v) is 9.09. The van der Waals surface area contributed by atoms with Crippen LogP contribution in [0.1, 0.15) is 18.9 Å². The van der Waals surface area contributed by atoms with E-state index in [0.717, 1.165) is 5.56 Å². The fourth-order valence-electron chi connectivity index (χ4n) is 1.48. The summed E-state index contributed by atoms with van der Waals surface area (Å²) in [6, 6.07) is 6.09. The average Bonchev–Trinajstić information content (AvgIpc) is 2.27. The zero-order valence-electron chi connectivity index (χ0n) is 9.09. The minimum atomic E-state index is -0.249. The van der Waals surface area contributed by atoms with Crippen molar-refractivity contribution in [3.05, 3.63) is 35.6 Å². The third-order valence-electron chi connectivity index (χ3n) is 2.44. The third-order valence-corrected chi connectivity index (χ3v) is 2.44. The summed E-state index contributed by atoms with van der Waals surface area (Å²) in [7, 11) is 1.77. The van der Waals surface area contributed by atoms with Crippen LogP contribution in [-0.2, 0) is 11.2 Å². The van der Waals surface area contributed by atoms with Crippen molar-refractivity contribution in [3.8, 4) is 0 Å². The van der Waals surface area contributed by atoms with Gasteiger partial charge in [0.15, 0.2) is 0 Å². The molecule has 0 aliphatic heterocycles. The monoisotopic (exact) mass is 209 g/mol. The molecule has 0 unspecified atom stereocenters. The largest absolute Gasteiger partial charge is 0.310 e. The first-order valence-electron chi connectivity index (χ1n) is 5.11. The van der Waals surface area contributed by atoms with Gasteiger partial charge in [-0.2, -0.15) is 0 Å². The molecule has 1 atom stereocenters. The summed E-state index contributed by atoms with van der Waals surface area (Å²) in [5, 5.41) is 2.97. The van der Waals surface area contributed by atoms with Gasteiger partial charge in [-0.25, -0.2) is 4.39 Å². The molecule has 1 rings (SSSR count). The van der Waals surface area contributed by atoms with E-state index in [-0.39, 0.29) is 17.6 Å². The average molecular weight is 209 g/mol. The van der Waals surface area contributed by atoms with E-state index in [1.54, 1.807) is 19.2 Å². The highest BCUT2D eigenvalue weighted by atomic mass is 19.1. The predicted octanol–water partition coefficient (Wildman–Crippen LogP) is 1.94. The molecule has 3 heteroatoms. The van der Waals surface area contributed by atoms with E-state index in [2.05, 4.69) is 5.32 Å². The summed E-state index contributed by atoms with van der Waals surface area (Å²) >= 11 is 0. The Morgan fingerprint density at radius 2 is 2.00 bits per heavy atom. The van der Waals surface area contributed by atoms with Gasteiger partial charge in [0.25, 0.3) is 0 Å². The maximum Gasteiger partial charge on any atom is 0.149 e. The van der Waals surface area contributed by atoms with Gasteiger partial charge in [0.2, 0.25) is 0 Å². The summed E-state index contributed by atoms with van der Waals surface area (Å²) in [4.78, 5) is 11.5. The molecule has 2 nitrogen and oxygen atoms in total. The van der Waals surface area contributed by atoms with E-state index >= 15 is 0 Å². The lowest BCUT2D eigenvalue weighted by atomic mass is 10.0. The molecule has 0 saturated carbocycles. The Kier molecular flexibility index (Phi) is 4.43. The molecule has 0 amide bonds. The zero-order chi connectivity index (χ0) is 11.3. The summed E-state index contributed by atoms with van der Waals surface area (Å²) in [5.41, 5.74) is 0.970. The molecule has 1 aromatic carbocycles. The summed E-state index contributed by atoms with van der Waals surface area (Å²) in [6.45, 7) is 1.84. The second-order valence-corrected chi connectivity index (χ2v) is 3.49. The molecule has 0 aliphatic carbocycles. The highest BCUT2D eigenvalue weighted by molar-refractivity contribution is 5.83. The molecule has 0 bridgehead atoms. The maximum atomic E-state index is 12.6. The number of benzene rings is 1. The minimum absolute atomic E-state index is 0.166. The van der Waals surface area contributed by atoms with Crippen LogP contribution in [0.4, 0.5) is 4.39 Å². The molecule has 0 aromatic heterocycles. The molecule has 1 N–H and O–H groups in total. The fraction of sp³-hybridized carbons (Fsp3) is 0.417. The molecule has 0 aliphatic rings. The summed E-state index contributed by atoms with van der Waals surface area (Å²) in [5.74, 6) is -0.0663. The number of ketones is 1. The van der Waals surface area contributed by atoms with E-state index in [0.29, 0.717) is 12.8 Å². The van der Waals surface area contributed by atoms with Crippen molar-refractivity contribution in [1.82, 2.24) is 5.32 Å². The van der Waals surface area contributed by atoms with Gasteiger partial charge in [0.1, 0.15) is 11.6 Å². The number of halogens is 1. The quantitative estimate of drug-likeness (QED) is 0.803. The van der Waals surface area contributed by atoms with Gasteiger partial charge in [0.05, 0.1) is 6.04 Å². The standard InChI is InChI=1S/C12H16FNO/c1-3-12(15)11(14-2)8-9-4-6-10(13)7-5-9/h4-7,11,14H,3,8H2,1-2H3/t11-/m0/s1. The van der Waals surface area contributed by atoms with Crippen molar-refractivity contribution in [3.63, 3.8) is 0 Å². The normalized spacial score (nSPS) is 12.5. The highest BCUT2D eigenvalue weighted by Gasteiger charge is 2.14. The lowest BCUT2D eigenvalue weighted by Gasteiger charge is -2.13. The van der Waals surface area contributed by atoms with Crippen LogP contribution < -0.4 is 5.32 Å². The van der Waals surface area contributed by atoms with Crippen molar-refractivity contribution in [2.45, 2.75) is 25.8 Å². The minimum Gasteiger partial charge on any atom is -0.310 e. The van der Waals surface area contributed by atoms with Crippen LogP contribution >= 0.6 is 0 Å². The highest BCUT2D eigenvalue weighted by Crippen LogP contribution is 2.07. The van der Waals surface area contributed by atoms with Crippen LogP contribution in [0.5, 0.6) is 0 Å². The van der Waals surface area contributed by atoms with Gasteiger partial charge in [-0.3, -0.25) is 4.79 Å². The molecular formula is C12H16FNO. The lowest BCUT2D eigenvalue weighted by Crippen LogP contribution is -2.35. The van der Waals surface area contributed by atoms with Gasteiger partial charge in [0, 0.05) is 6.42 Å². The number of nitrogens with one attached hydrogen (secondary N) is 1. The first kappa shape index (κ1) is 11.9. The van der Waals surface area contributed by atoms with Crippen LogP contribution in [0, 0.1) is 5.82 Å². The Hall–Kier alpha value is -1.22. The van der Waals surface area contributed by atoms with Crippen molar-refractivity contribution in [2.24, 2.45) is 0 Å². The maximum absolute atomic E-state index is 12.6. The Morgan fingerprint density at radius 3 is 2.47 bits per heavy atom. The number of carbonyl (C=O) groups is 1. The number of Topliss-reactive ketones (excluding diaryl/α,β-unsaturated/α-hetero) is 1. The van der Waals surface area contributed by atoms with Gasteiger partial charge >= 0.3 is 0 Å². The smallest absolute Gasteiger partial charge is 0.149 e. The van der Waals surface area contributed by atoms with Gasteiger partial charge in [-0.15, -0.1) is 0 Å². The lowest BCUT2D eigenvalue weighted by molar-refractivity contribution is -0.120. The summed E-state index contributed by atoms with van der Waals surface area (Å²) in [6.07, 6.45) is 1.14. The Balaban J connectivity index is 2.66. The molecular weight excluding hydrogens is 193 g/mol. The molecule has 0 radical (unpaired) electrons. The molecule has 0 fully saturated rings. The van der Waals surface area contributed by atoms with E-state index in [4.69, 9.17) is 0 Å². The molecule has 1 aromatic rings. The third kappa shape index (κ3) is 3.44. The Morgan fingerprint density at radius 1 is 1.40 bits per heavy atom. The number of likely N-dealkylation sites (N-methyl/N-ethyl adjacent to an activating group) is 1. The summed E-state index contributed by atoms with van der Waals surface area (Å²) < 4.78 is 12.6. The SMILES string of the molecule is CCC(=O)[C@H](Cc1ccc(F)cc1)NC. The van der Waals surface area contributed by atoms with E-state index in [1.165, 1.54) is 12.1 Å². The van der Waals surface area contributed by atoms with Crippen LogP contribution in [-0.4, -0.2) is 18.9 Å². The molecule has 82 valence electrons. The molecule has 0 spiro atoms. The number of carbonyl (C=O) groups excluding carboxylic acids is 1. The van der Waals surface area contributed by atoms with Crippen LogP contribution in [0.3, 0.4) is 0 Å². The first-order valence-corrected chi connectivity index (χ1v) is 5.11. The molecule has 0 saturated heterocycles. The topological polar surface area (TPSA) is 29.1 Å². The predicted molar refractivity (Wildman–Crippen MR) is 58.2 cm³/mol. The Labute approximate surface area is 89.5 Å². The van der Waals surface area contributed by atoms with Gasteiger partial charge < -0.3 is 5.32 Å². The Bertz CT molecular complexity index is 321. The van der Waals surface area contributed by atoms with Crippen molar-refractivity contribution < 1.29 is 9.18 Å². The second-order valence-electron chi connectivity index (χ2n) is 3.49. The van der Waals surface area contributed by atoms with Crippen molar-refractivity contribution in [2.75, 3.05) is 7.05 Å². The molecule has 15 heavy (non-hydrogen) atoms. The van der Waals surface area contributed by atoms with Crippen molar-refractivity contribution in [1.29, 1.82) is 0 Å². The van der Waals surface area contributed by atoms with Crippen LogP contribution in [0.25, 0.3) is 0 Å². The van der Waals surface area contributed by atoms with E-state index < -0.39 is 0 Å². The van der Waals surface area contributed by atoms with Crippen molar-refractivity contribution >= 4 is 5.78 Å². The number of rotatable bonds is 5. The number of hydrogen-bond donors (Lipinski definition) is 1. The van der Waals surface area contributed by atoms with E-state index in [1.807, 2.05) is 6.92 Å². The van der Waals surface area contributed by atoms with Crippen LogP contribution in [0.2, 0.25) is 0 Å². The number of hydrogen-bond acceptors (Lipinski definition) is 2. The first-order chi connectivity index (χ1) is 7.17. The van der Waals surface area contributed by atoms with E-state index in [9.17, 15) is 9.18 Å². The van der Waals surface area contributed by atoms with Crippen LogP contribution in [0.15, 0.2) is 24.3 Å². The van der Waals surface area contributed by atoms with Gasteiger partial charge in [-0.1, -0.05) is 19.1 Å². The van der Waals surface area contributed by atoms with Gasteiger partial charge in [-0.05, 0) is 31.2 Å². The fourth-order valence-corrected chi connectivity index (χ4v) is 1.48. The second kappa shape index (κ2) is 5.61. The molecule has 0 heterocycles.